The van der Waals surface area contributed by atoms with Crippen LogP contribution in [-0.4, -0.2) is 70.8 Å². The van der Waals surface area contributed by atoms with Gasteiger partial charge in [-0.1, -0.05) is 41.9 Å². The van der Waals surface area contributed by atoms with E-state index < -0.39 is 5.82 Å². The summed E-state index contributed by atoms with van der Waals surface area (Å²) in [5, 5.41) is 15.3. The van der Waals surface area contributed by atoms with Crippen molar-refractivity contribution in [3.8, 4) is 23.3 Å². The molecule has 2 unspecified atom stereocenters. The van der Waals surface area contributed by atoms with Crippen LogP contribution in [-0.2, 0) is 0 Å². The van der Waals surface area contributed by atoms with Crippen LogP contribution in [0.5, 0.6) is 6.01 Å². The highest BCUT2D eigenvalue weighted by atomic mass is 35.5. The quantitative estimate of drug-likeness (QED) is 0.332. The Hall–Kier alpha value is -3.58. The lowest BCUT2D eigenvalue weighted by Gasteiger charge is -2.31. The van der Waals surface area contributed by atoms with Crippen LogP contribution in [0.4, 0.5) is 10.2 Å². The maximum absolute atomic E-state index is 16.6. The van der Waals surface area contributed by atoms with Gasteiger partial charge in [0.15, 0.2) is 5.82 Å². The van der Waals surface area contributed by atoms with E-state index in [-0.39, 0.29) is 34.8 Å². The summed E-state index contributed by atoms with van der Waals surface area (Å²) in [4.78, 5) is 18.6. The molecule has 1 N–H and O–H groups in total. The van der Waals surface area contributed by atoms with Crippen LogP contribution >= 0.6 is 11.6 Å². The third-order valence-electron chi connectivity index (χ3n) is 9.18. The van der Waals surface area contributed by atoms with Crippen molar-refractivity contribution >= 4 is 39.1 Å². The number of ether oxygens (including phenoxy) is 1. The third kappa shape index (κ3) is 4.45. The molecule has 3 saturated heterocycles. The Balaban J connectivity index is 1.34. The number of fused-ring (bicyclic) bond motifs is 3. The lowest BCUT2D eigenvalue weighted by Crippen LogP contribution is -2.43. The first-order valence-corrected chi connectivity index (χ1v) is 14.6. The van der Waals surface area contributed by atoms with Gasteiger partial charge in [0.1, 0.15) is 23.6 Å². The molecule has 2 aromatic heterocycles. The Bertz CT molecular complexity index is 1680. The Morgan fingerprint density at radius 3 is 2.73 bits per heavy atom. The van der Waals surface area contributed by atoms with E-state index >= 15 is 4.39 Å². The second-order valence-corrected chi connectivity index (χ2v) is 11.9. The molecule has 0 spiro atoms. The average molecular weight is 572 g/mol. The summed E-state index contributed by atoms with van der Waals surface area (Å²) in [6, 6.07) is 13.5. The number of hydrogen-bond donors (Lipinski definition) is 1. The van der Waals surface area contributed by atoms with E-state index in [0.717, 1.165) is 49.5 Å². The Labute approximate surface area is 243 Å². The van der Waals surface area contributed by atoms with Crippen molar-refractivity contribution in [2.24, 2.45) is 0 Å². The van der Waals surface area contributed by atoms with E-state index in [1.165, 1.54) is 0 Å². The van der Waals surface area contributed by atoms with Crippen LogP contribution < -0.4 is 15.0 Å². The SMILES string of the molecule is CN(c1nc(OCC23CCCN2CCC3)nc2c(F)c(-c3cccc4cccc(Cl)c34)ncc12)C1CNC(C#N)C1. The fraction of sp³-hybridized carbons (Fsp3) is 0.419. The summed E-state index contributed by atoms with van der Waals surface area (Å²) >= 11 is 6.58. The van der Waals surface area contributed by atoms with Gasteiger partial charge in [-0.3, -0.25) is 15.2 Å². The van der Waals surface area contributed by atoms with E-state index in [1.54, 1.807) is 12.3 Å². The highest BCUT2D eigenvalue weighted by Crippen LogP contribution is 2.40. The summed E-state index contributed by atoms with van der Waals surface area (Å²) in [6.07, 6.45) is 6.75. The minimum atomic E-state index is -0.544. The van der Waals surface area contributed by atoms with E-state index in [4.69, 9.17) is 21.3 Å². The van der Waals surface area contributed by atoms with Crippen molar-refractivity contribution in [1.82, 2.24) is 25.2 Å². The molecule has 7 rings (SSSR count). The fourth-order valence-electron chi connectivity index (χ4n) is 6.98. The monoisotopic (exact) mass is 571 g/mol. The number of nitriles is 1. The van der Waals surface area contributed by atoms with Crippen LogP contribution in [0, 0.1) is 17.1 Å². The molecule has 2 aromatic carbocycles. The molecule has 0 saturated carbocycles. The first kappa shape index (κ1) is 26.3. The number of pyridine rings is 1. The normalized spacial score (nSPS) is 21.8. The number of halogens is 2. The zero-order valence-corrected chi connectivity index (χ0v) is 23.7. The number of anilines is 1. The molecule has 2 atom stereocenters. The van der Waals surface area contributed by atoms with Crippen LogP contribution in [0.2, 0.25) is 5.02 Å². The molecule has 0 bridgehead atoms. The van der Waals surface area contributed by atoms with Crippen molar-refractivity contribution in [2.45, 2.75) is 49.7 Å². The Morgan fingerprint density at radius 1 is 1.20 bits per heavy atom. The molecule has 0 radical (unpaired) electrons. The van der Waals surface area contributed by atoms with Crippen molar-refractivity contribution < 1.29 is 9.13 Å². The number of nitrogens with one attached hydrogen (secondary N) is 1. The van der Waals surface area contributed by atoms with Crippen LogP contribution in [0.3, 0.4) is 0 Å². The molecule has 8 nitrogen and oxygen atoms in total. The third-order valence-corrected chi connectivity index (χ3v) is 9.49. The molecule has 4 aromatic rings. The molecule has 3 fully saturated rings. The summed E-state index contributed by atoms with van der Waals surface area (Å²) in [5.74, 6) is -0.00529. The number of benzene rings is 2. The van der Waals surface area contributed by atoms with Gasteiger partial charge in [-0.25, -0.2) is 4.39 Å². The maximum atomic E-state index is 16.6. The predicted octanol–water partition coefficient (Wildman–Crippen LogP) is 5.33. The summed E-state index contributed by atoms with van der Waals surface area (Å²) in [6.45, 7) is 3.27. The molecule has 5 heterocycles. The largest absolute Gasteiger partial charge is 0.461 e. The molecule has 41 heavy (non-hydrogen) atoms. The van der Waals surface area contributed by atoms with Crippen molar-refractivity contribution in [2.75, 3.05) is 38.2 Å². The zero-order chi connectivity index (χ0) is 28.1. The number of nitrogens with zero attached hydrogens (tertiary/aromatic N) is 6. The first-order valence-electron chi connectivity index (χ1n) is 14.2. The number of aromatic nitrogens is 3. The van der Waals surface area contributed by atoms with Gasteiger partial charge < -0.3 is 9.64 Å². The topological polar surface area (TPSA) is 90.2 Å². The van der Waals surface area contributed by atoms with Gasteiger partial charge in [0.2, 0.25) is 0 Å². The molecule has 10 heteroatoms. The second-order valence-electron chi connectivity index (χ2n) is 11.5. The predicted molar refractivity (Wildman–Crippen MR) is 158 cm³/mol. The molecule has 3 aliphatic rings. The smallest absolute Gasteiger partial charge is 0.319 e. The molecule has 3 aliphatic heterocycles. The number of hydrogen-bond acceptors (Lipinski definition) is 8. The van der Waals surface area contributed by atoms with Gasteiger partial charge in [0.05, 0.1) is 23.0 Å². The zero-order valence-electron chi connectivity index (χ0n) is 22.9. The number of likely N-dealkylation sites (N-methyl/N-ethyl adjacent to an activating group) is 1. The van der Waals surface area contributed by atoms with Crippen LogP contribution in [0.15, 0.2) is 42.6 Å². The van der Waals surface area contributed by atoms with Gasteiger partial charge in [0, 0.05) is 41.8 Å². The Morgan fingerprint density at radius 2 is 1.98 bits per heavy atom. The molecule has 0 amide bonds. The fourth-order valence-corrected chi connectivity index (χ4v) is 7.26. The first-order chi connectivity index (χ1) is 20.0. The van der Waals surface area contributed by atoms with Crippen LogP contribution in [0.25, 0.3) is 32.9 Å². The van der Waals surface area contributed by atoms with E-state index in [1.807, 2.05) is 42.3 Å². The van der Waals surface area contributed by atoms with E-state index in [0.29, 0.717) is 41.4 Å². The standard InChI is InChI=1S/C31H31ClFN7O/c1-39(21-14-20(15-34)35-16-21)29-23-17-36-27(22-8-2-6-19-7-3-9-24(32)25(19)22)26(33)28(23)37-30(38-29)41-18-31-10-4-12-40(31)13-5-11-31/h2-3,6-9,17,20-21,35H,4-5,10-14,16,18H2,1H3. The van der Waals surface area contributed by atoms with Crippen molar-refractivity contribution in [3.63, 3.8) is 0 Å². The molecular formula is C31H31ClFN7O. The van der Waals surface area contributed by atoms with Gasteiger partial charge in [-0.2, -0.15) is 15.2 Å². The van der Waals surface area contributed by atoms with Crippen LogP contribution in [0.1, 0.15) is 32.1 Å². The van der Waals surface area contributed by atoms with Gasteiger partial charge >= 0.3 is 6.01 Å². The molecule has 0 aliphatic carbocycles. The summed E-state index contributed by atoms with van der Waals surface area (Å²) in [7, 11) is 1.92. The van der Waals surface area contributed by atoms with Crippen molar-refractivity contribution in [1.29, 1.82) is 5.26 Å². The van der Waals surface area contributed by atoms with E-state index in [9.17, 15) is 5.26 Å². The van der Waals surface area contributed by atoms with Gasteiger partial charge in [-0.05, 0) is 56.6 Å². The summed E-state index contributed by atoms with van der Waals surface area (Å²) in [5.41, 5.74) is 0.937. The number of rotatable bonds is 6. The minimum Gasteiger partial charge on any atom is -0.461 e. The maximum Gasteiger partial charge on any atom is 0.319 e. The average Bonchev–Trinajstić information content (AvgIpc) is 3.72. The lowest BCUT2D eigenvalue weighted by atomic mass is 9.95. The van der Waals surface area contributed by atoms with Crippen molar-refractivity contribution in [3.05, 3.63) is 53.4 Å². The highest BCUT2D eigenvalue weighted by molar-refractivity contribution is 6.36. The molecular weight excluding hydrogens is 541 g/mol. The minimum absolute atomic E-state index is 0.00141. The summed E-state index contributed by atoms with van der Waals surface area (Å²) < 4.78 is 22.9. The molecule has 210 valence electrons. The van der Waals surface area contributed by atoms with Gasteiger partial charge in [-0.15, -0.1) is 0 Å². The lowest BCUT2D eigenvalue weighted by molar-refractivity contribution is 0.108. The highest BCUT2D eigenvalue weighted by Gasteiger charge is 2.45. The van der Waals surface area contributed by atoms with Gasteiger partial charge in [0.25, 0.3) is 0 Å². The Kier molecular flexibility index (Phi) is 6.65. The van der Waals surface area contributed by atoms with E-state index in [2.05, 4.69) is 26.3 Å². The second kappa shape index (κ2) is 10.4.